The molecular formula is C15H22BrNO3. The summed E-state index contributed by atoms with van der Waals surface area (Å²) in [6.07, 6.45) is 0. The van der Waals surface area contributed by atoms with E-state index in [1.807, 2.05) is 32.6 Å². The van der Waals surface area contributed by atoms with Gasteiger partial charge in [-0.2, -0.15) is 0 Å². The Balaban J connectivity index is 3.40. The van der Waals surface area contributed by atoms with Crippen molar-refractivity contribution in [3.8, 4) is 11.5 Å². The van der Waals surface area contributed by atoms with Crippen molar-refractivity contribution in [1.82, 2.24) is 4.90 Å². The maximum absolute atomic E-state index is 12.9. The second-order valence-corrected chi connectivity index (χ2v) is 5.91. The molecule has 0 unspecified atom stereocenters. The van der Waals surface area contributed by atoms with Crippen LogP contribution in [0, 0.1) is 0 Å². The van der Waals surface area contributed by atoms with Gasteiger partial charge in [0.2, 0.25) is 0 Å². The lowest BCUT2D eigenvalue weighted by atomic mass is 10.1. The van der Waals surface area contributed by atoms with Crippen molar-refractivity contribution in [3.63, 3.8) is 0 Å². The standard InChI is InChI=1S/C15H22BrNO3/c1-9(2)17(10(3)4)15(18)13-11(16)7-8-12(19-5)14(13)20-6/h7-10H,1-6H3. The third-order valence-corrected chi connectivity index (χ3v) is 3.72. The highest BCUT2D eigenvalue weighted by Gasteiger charge is 2.28. The lowest BCUT2D eigenvalue weighted by molar-refractivity contribution is 0.0638. The molecular weight excluding hydrogens is 322 g/mol. The maximum atomic E-state index is 12.9. The molecule has 0 saturated carbocycles. The van der Waals surface area contributed by atoms with E-state index in [4.69, 9.17) is 9.47 Å². The molecule has 0 aliphatic heterocycles. The molecule has 0 heterocycles. The average Bonchev–Trinajstić information content (AvgIpc) is 2.36. The van der Waals surface area contributed by atoms with E-state index >= 15 is 0 Å². The Morgan fingerprint density at radius 1 is 1.10 bits per heavy atom. The molecule has 4 nitrogen and oxygen atoms in total. The van der Waals surface area contributed by atoms with Crippen molar-refractivity contribution in [3.05, 3.63) is 22.2 Å². The van der Waals surface area contributed by atoms with Crippen LogP contribution in [0.5, 0.6) is 11.5 Å². The summed E-state index contributed by atoms with van der Waals surface area (Å²) < 4.78 is 11.3. The fraction of sp³-hybridized carbons (Fsp3) is 0.533. The van der Waals surface area contributed by atoms with Gasteiger partial charge >= 0.3 is 0 Å². The van der Waals surface area contributed by atoms with Crippen LogP contribution in [0.2, 0.25) is 0 Å². The largest absolute Gasteiger partial charge is 0.493 e. The van der Waals surface area contributed by atoms with Gasteiger partial charge in [-0.15, -0.1) is 0 Å². The lowest BCUT2D eigenvalue weighted by Crippen LogP contribution is -2.42. The predicted octanol–water partition coefficient (Wildman–Crippen LogP) is 3.73. The Bertz CT molecular complexity index is 478. The molecule has 0 aliphatic carbocycles. The SMILES string of the molecule is COc1ccc(Br)c(C(=O)N(C(C)C)C(C)C)c1OC. The van der Waals surface area contributed by atoms with Gasteiger partial charge in [-0.1, -0.05) is 0 Å². The van der Waals surface area contributed by atoms with Gasteiger partial charge in [0.15, 0.2) is 11.5 Å². The average molecular weight is 344 g/mol. The van der Waals surface area contributed by atoms with Gasteiger partial charge in [-0.25, -0.2) is 0 Å². The summed E-state index contributed by atoms with van der Waals surface area (Å²) in [5.41, 5.74) is 0.495. The van der Waals surface area contributed by atoms with Gasteiger partial charge in [0, 0.05) is 16.6 Å². The van der Waals surface area contributed by atoms with Crippen molar-refractivity contribution < 1.29 is 14.3 Å². The van der Waals surface area contributed by atoms with Gasteiger partial charge in [0.05, 0.1) is 19.8 Å². The maximum Gasteiger partial charge on any atom is 0.259 e. The smallest absolute Gasteiger partial charge is 0.259 e. The fourth-order valence-corrected chi connectivity index (χ4v) is 2.78. The van der Waals surface area contributed by atoms with E-state index in [-0.39, 0.29) is 18.0 Å². The Morgan fingerprint density at radius 3 is 2.05 bits per heavy atom. The van der Waals surface area contributed by atoms with Crippen molar-refractivity contribution in [2.75, 3.05) is 14.2 Å². The topological polar surface area (TPSA) is 38.8 Å². The highest BCUT2D eigenvalue weighted by atomic mass is 79.9. The number of halogens is 1. The zero-order valence-electron chi connectivity index (χ0n) is 12.9. The number of nitrogens with zero attached hydrogens (tertiary/aromatic N) is 1. The monoisotopic (exact) mass is 343 g/mol. The quantitative estimate of drug-likeness (QED) is 0.817. The molecule has 0 aliphatic rings. The molecule has 0 radical (unpaired) electrons. The highest BCUT2D eigenvalue weighted by Crippen LogP contribution is 2.37. The summed E-state index contributed by atoms with van der Waals surface area (Å²) in [6.45, 7) is 7.99. The normalized spacial score (nSPS) is 10.8. The second kappa shape index (κ2) is 6.97. The number of ether oxygens (including phenoxy) is 2. The minimum Gasteiger partial charge on any atom is -0.493 e. The summed E-state index contributed by atoms with van der Waals surface area (Å²) in [5, 5.41) is 0. The summed E-state index contributed by atoms with van der Waals surface area (Å²) >= 11 is 3.44. The van der Waals surface area contributed by atoms with E-state index < -0.39 is 0 Å². The summed E-state index contributed by atoms with van der Waals surface area (Å²) in [7, 11) is 3.10. The fourth-order valence-electron chi connectivity index (χ4n) is 2.30. The Kier molecular flexibility index (Phi) is 5.87. The first-order chi connectivity index (χ1) is 9.34. The summed E-state index contributed by atoms with van der Waals surface area (Å²) in [4.78, 5) is 14.7. The van der Waals surface area contributed by atoms with E-state index in [1.165, 1.54) is 7.11 Å². The number of amides is 1. The van der Waals surface area contributed by atoms with Gasteiger partial charge < -0.3 is 14.4 Å². The predicted molar refractivity (Wildman–Crippen MR) is 83.7 cm³/mol. The van der Waals surface area contributed by atoms with E-state index in [0.29, 0.717) is 21.5 Å². The van der Waals surface area contributed by atoms with Crippen LogP contribution < -0.4 is 9.47 Å². The lowest BCUT2D eigenvalue weighted by Gasteiger charge is -2.31. The number of benzene rings is 1. The van der Waals surface area contributed by atoms with Crippen LogP contribution in [0.25, 0.3) is 0 Å². The number of carbonyl (C=O) groups is 1. The van der Waals surface area contributed by atoms with Crippen LogP contribution >= 0.6 is 15.9 Å². The summed E-state index contributed by atoms with van der Waals surface area (Å²) in [5.74, 6) is 0.933. The van der Waals surface area contributed by atoms with E-state index in [0.717, 1.165) is 0 Å². The highest BCUT2D eigenvalue weighted by molar-refractivity contribution is 9.10. The first-order valence-corrected chi connectivity index (χ1v) is 7.37. The van der Waals surface area contributed by atoms with E-state index in [1.54, 1.807) is 19.2 Å². The first kappa shape index (κ1) is 16.8. The molecule has 1 aromatic rings. The minimum atomic E-state index is -0.0716. The Labute approximate surface area is 129 Å². The van der Waals surface area contributed by atoms with Crippen LogP contribution in [0.15, 0.2) is 16.6 Å². The molecule has 0 spiro atoms. The second-order valence-electron chi connectivity index (χ2n) is 5.06. The first-order valence-electron chi connectivity index (χ1n) is 6.58. The third-order valence-electron chi connectivity index (χ3n) is 3.06. The van der Waals surface area contributed by atoms with E-state index in [2.05, 4.69) is 15.9 Å². The molecule has 0 atom stereocenters. The summed E-state index contributed by atoms with van der Waals surface area (Å²) in [6, 6.07) is 3.78. The van der Waals surface area contributed by atoms with E-state index in [9.17, 15) is 4.79 Å². The molecule has 0 aromatic heterocycles. The van der Waals surface area contributed by atoms with Crippen molar-refractivity contribution in [1.29, 1.82) is 0 Å². The van der Waals surface area contributed by atoms with Gasteiger partial charge in [-0.05, 0) is 55.8 Å². The zero-order chi connectivity index (χ0) is 15.4. The Morgan fingerprint density at radius 2 is 1.65 bits per heavy atom. The zero-order valence-corrected chi connectivity index (χ0v) is 14.4. The van der Waals surface area contributed by atoms with Crippen molar-refractivity contribution in [2.24, 2.45) is 0 Å². The minimum absolute atomic E-state index is 0.0716. The molecule has 5 heteroatoms. The number of rotatable bonds is 5. The van der Waals surface area contributed by atoms with Gasteiger partial charge in [0.25, 0.3) is 5.91 Å². The molecule has 0 N–H and O–H groups in total. The molecule has 1 aromatic carbocycles. The number of hydrogen-bond donors (Lipinski definition) is 0. The van der Waals surface area contributed by atoms with Gasteiger partial charge in [-0.3, -0.25) is 4.79 Å². The number of carbonyl (C=O) groups excluding carboxylic acids is 1. The Hall–Kier alpha value is -1.23. The van der Waals surface area contributed by atoms with Crippen LogP contribution in [-0.4, -0.2) is 37.1 Å². The molecule has 0 saturated heterocycles. The van der Waals surface area contributed by atoms with Crippen molar-refractivity contribution >= 4 is 21.8 Å². The number of hydrogen-bond acceptors (Lipinski definition) is 3. The molecule has 1 rings (SSSR count). The molecule has 1 amide bonds. The number of methoxy groups -OCH3 is 2. The molecule has 20 heavy (non-hydrogen) atoms. The van der Waals surface area contributed by atoms with Crippen LogP contribution in [0.3, 0.4) is 0 Å². The third kappa shape index (κ3) is 3.26. The van der Waals surface area contributed by atoms with Crippen molar-refractivity contribution in [2.45, 2.75) is 39.8 Å². The van der Waals surface area contributed by atoms with Crippen LogP contribution in [-0.2, 0) is 0 Å². The molecule has 112 valence electrons. The molecule has 0 fully saturated rings. The van der Waals surface area contributed by atoms with Gasteiger partial charge in [0.1, 0.15) is 0 Å². The van der Waals surface area contributed by atoms with Crippen LogP contribution in [0.1, 0.15) is 38.1 Å². The molecule has 0 bridgehead atoms. The van der Waals surface area contributed by atoms with Crippen LogP contribution in [0.4, 0.5) is 0 Å².